The lowest BCUT2D eigenvalue weighted by molar-refractivity contribution is 0.0701. The van der Waals surface area contributed by atoms with Crippen molar-refractivity contribution in [1.29, 1.82) is 0 Å². The SMILES string of the molecule is CCO[Si](CCCC1=NC(CCN)N(NN)C(CCC[Si](OCC)(OCC)OCC)=N1)(OCC)OCC. The van der Waals surface area contributed by atoms with E-state index in [4.69, 9.17) is 48.1 Å². The van der Waals surface area contributed by atoms with Gasteiger partial charge in [0.2, 0.25) is 0 Å². The summed E-state index contributed by atoms with van der Waals surface area (Å²) in [6.07, 6.45) is 3.35. The first-order chi connectivity index (χ1) is 17.9. The number of hydrazine groups is 2. The molecule has 14 heteroatoms. The molecule has 1 aliphatic rings. The molecule has 12 nitrogen and oxygen atoms in total. The average Bonchev–Trinajstić information content (AvgIpc) is 2.85. The third-order valence-electron chi connectivity index (χ3n) is 5.65. The highest BCUT2D eigenvalue weighted by molar-refractivity contribution is 6.61. The fraction of sp³-hybridized carbons (Fsp3) is 0.913. The Hall–Kier alpha value is -0.786. The number of nitrogens with two attached hydrogens (primary N) is 2. The number of nitrogens with one attached hydrogen (secondary N) is 1. The highest BCUT2D eigenvalue weighted by Crippen LogP contribution is 2.24. The summed E-state index contributed by atoms with van der Waals surface area (Å²) in [6.45, 7) is 15.6. The molecule has 0 aromatic carbocycles. The van der Waals surface area contributed by atoms with Crippen LogP contribution in [0, 0.1) is 0 Å². The summed E-state index contributed by atoms with van der Waals surface area (Å²) < 4.78 is 36.0. The number of nitrogens with zero attached hydrogens (tertiary/aromatic N) is 3. The summed E-state index contributed by atoms with van der Waals surface area (Å²) in [5.74, 6) is 7.49. The van der Waals surface area contributed by atoms with Gasteiger partial charge in [-0.3, -0.25) is 10.9 Å². The second-order valence-corrected chi connectivity index (χ2v) is 13.8. The molecule has 0 fully saturated rings. The first-order valence-electron chi connectivity index (χ1n) is 13.9. The Bertz CT molecular complexity index is 642. The Morgan fingerprint density at radius 3 is 1.57 bits per heavy atom. The van der Waals surface area contributed by atoms with Crippen LogP contribution >= 0.6 is 0 Å². The van der Waals surface area contributed by atoms with Crippen LogP contribution in [0.15, 0.2) is 9.98 Å². The summed E-state index contributed by atoms with van der Waals surface area (Å²) in [5.41, 5.74) is 8.66. The molecule has 1 atom stereocenters. The monoisotopic (exact) mass is 564 g/mol. The zero-order chi connectivity index (χ0) is 27.6. The smallest absolute Gasteiger partial charge is 0.374 e. The maximum Gasteiger partial charge on any atom is 0.500 e. The van der Waals surface area contributed by atoms with Gasteiger partial charge in [0.05, 0.1) is 0 Å². The normalized spacial score (nSPS) is 16.8. The van der Waals surface area contributed by atoms with Crippen molar-refractivity contribution in [3.8, 4) is 0 Å². The van der Waals surface area contributed by atoms with Crippen LogP contribution < -0.4 is 17.1 Å². The first kappa shape index (κ1) is 34.2. The molecule has 5 N–H and O–H groups in total. The molecule has 0 spiro atoms. The molecule has 0 saturated carbocycles. The van der Waals surface area contributed by atoms with E-state index in [-0.39, 0.29) is 6.17 Å². The number of rotatable bonds is 23. The summed E-state index contributed by atoms with van der Waals surface area (Å²) >= 11 is 0. The van der Waals surface area contributed by atoms with E-state index in [0.717, 1.165) is 24.5 Å². The van der Waals surface area contributed by atoms with Gasteiger partial charge in [0.25, 0.3) is 0 Å². The van der Waals surface area contributed by atoms with Gasteiger partial charge in [-0.1, -0.05) is 0 Å². The molecule has 0 amide bonds. The maximum atomic E-state index is 6.01. The highest BCUT2D eigenvalue weighted by atomic mass is 28.4. The minimum Gasteiger partial charge on any atom is -0.374 e. The molecule has 0 aromatic heterocycles. The quantitative estimate of drug-likeness (QED) is 0.0961. The van der Waals surface area contributed by atoms with Crippen molar-refractivity contribution in [3.63, 3.8) is 0 Å². The second kappa shape index (κ2) is 19.3. The van der Waals surface area contributed by atoms with Gasteiger partial charge in [-0.25, -0.2) is 9.98 Å². The summed E-state index contributed by atoms with van der Waals surface area (Å²) in [5, 5.41) is 1.81. The van der Waals surface area contributed by atoms with Crippen LogP contribution in [0.4, 0.5) is 0 Å². The van der Waals surface area contributed by atoms with Crippen molar-refractivity contribution in [2.75, 3.05) is 46.2 Å². The highest BCUT2D eigenvalue weighted by Gasteiger charge is 2.41. The van der Waals surface area contributed by atoms with E-state index in [9.17, 15) is 0 Å². The molecule has 0 aliphatic carbocycles. The zero-order valence-corrected chi connectivity index (χ0v) is 25.9. The predicted molar refractivity (Wildman–Crippen MR) is 151 cm³/mol. The predicted octanol–water partition coefficient (Wildman–Crippen LogP) is 2.81. The van der Waals surface area contributed by atoms with Crippen molar-refractivity contribution in [1.82, 2.24) is 10.5 Å². The van der Waals surface area contributed by atoms with Crippen molar-refractivity contribution in [3.05, 3.63) is 0 Å². The zero-order valence-electron chi connectivity index (χ0n) is 23.9. The van der Waals surface area contributed by atoms with E-state index in [2.05, 4.69) is 5.53 Å². The van der Waals surface area contributed by atoms with Crippen LogP contribution in [0.2, 0.25) is 12.1 Å². The van der Waals surface area contributed by atoms with E-state index in [0.29, 0.717) is 77.5 Å². The molecule has 1 unspecified atom stereocenters. The summed E-state index contributed by atoms with van der Waals surface area (Å²) in [6, 6.07) is 1.40. The van der Waals surface area contributed by atoms with Gasteiger partial charge < -0.3 is 32.3 Å². The van der Waals surface area contributed by atoms with Gasteiger partial charge >= 0.3 is 17.6 Å². The molecule has 0 bridgehead atoms. The Morgan fingerprint density at radius 1 is 0.757 bits per heavy atom. The van der Waals surface area contributed by atoms with Crippen LogP contribution in [0.3, 0.4) is 0 Å². The van der Waals surface area contributed by atoms with E-state index in [1.807, 2.05) is 41.5 Å². The Labute approximate surface area is 226 Å². The molecule has 1 rings (SSSR count). The molecule has 0 radical (unpaired) electrons. The molecular weight excluding hydrogens is 512 g/mol. The van der Waals surface area contributed by atoms with Crippen LogP contribution in [-0.4, -0.2) is 86.6 Å². The lowest BCUT2D eigenvalue weighted by atomic mass is 10.2. The Morgan fingerprint density at radius 2 is 1.19 bits per heavy atom. The molecule has 1 heterocycles. The van der Waals surface area contributed by atoms with Gasteiger partial charge in [0.1, 0.15) is 17.8 Å². The topological polar surface area (TPSA) is 147 Å². The minimum absolute atomic E-state index is 0.224. The van der Waals surface area contributed by atoms with Crippen molar-refractivity contribution in [2.45, 2.75) is 91.9 Å². The molecule has 0 saturated heterocycles. The van der Waals surface area contributed by atoms with Gasteiger partial charge in [-0.05, 0) is 60.9 Å². The van der Waals surface area contributed by atoms with E-state index < -0.39 is 17.6 Å². The van der Waals surface area contributed by atoms with E-state index >= 15 is 0 Å². The largest absolute Gasteiger partial charge is 0.500 e. The fourth-order valence-electron chi connectivity index (χ4n) is 4.36. The fourth-order valence-corrected chi connectivity index (χ4v) is 9.59. The molecule has 37 heavy (non-hydrogen) atoms. The van der Waals surface area contributed by atoms with Crippen LogP contribution in [0.25, 0.3) is 0 Å². The molecule has 0 aromatic rings. The number of amidine groups is 2. The van der Waals surface area contributed by atoms with Crippen LogP contribution in [-0.2, 0) is 26.6 Å². The molecular formula is C23H52N6O6Si2. The second-order valence-electron chi connectivity index (χ2n) is 8.30. The maximum absolute atomic E-state index is 6.01. The number of hydrogen-bond acceptors (Lipinski definition) is 12. The Balaban J connectivity index is 2.98. The first-order valence-corrected chi connectivity index (χ1v) is 17.7. The van der Waals surface area contributed by atoms with Gasteiger partial charge in [0, 0.05) is 71.0 Å². The van der Waals surface area contributed by atoms with Gasteiger partial charge in [-0.15, -0.1) is 0 Å². The standard InChI is InChI=1S/C23H52N6O6Si2/c1-7-30-36(31-8-2,32-9-3)19-13-15-21-26-22(29(28-25)23(27-21)17-18-24)16-14-20-37(33-10-4,34-11-5)35-12-6/h23,28H,7-20,24-25H2,1-6H3. The van der Waals surface area contributed by atoms with E-state index in [1.165, 1.54) is 0 Å². The van der Waals surface area contributed by atoms with Crippen molar-refractivity contribution in [2.24, 2.45) is 21.6 Å². The average molecular weight is 565 g/mol. The van der Waals surface area contributed by atoms with Crippen LogP contribution in [0.5, 0.6) is 0 Å². The van der Waals surface area contributed by atoms with Gasteiger partial charge in [0.15, 0.2) is 0 Å². The minimum atomic E-state index is -2.74. The van der Waals surface area contributed by atoms with Crippen molar-refractivity contribution >= 4 is 29.3 Å². The number of aliphatic imine (C=N–C) groups is 2. The summed E-state index contributed by atoms with van der Waals surface area (Å²) in [7, 11) is -5.46. The molecule has 218 valence electrons. The lowest BCUT2D eigenvalue weighted by Gasteiger charge is -2.34. The van der Waals surface area contributed by atoms with Gasteiger partial charge in [-0.2, -0.15) is 5.53 Å². The van der Waals surface area contributed by atoms with E-state index in [1.54, 1.807) is 5.01 Å². The third kappa shape index (κ3) is 11.5. The third-order valence-corrected chi connectivity index (χ3v) is 12.0. The molecule has 1 aliphatic heterocycles. The van der Waals surface area contributed by atoms with Crippen LogP contribution in [0.1, 0.15) is 73.6 Å². The Kier molecular flexibility index (Phi) is 17.9. The lowest BCUT2D eigenvalue weighted by Crippen LogP contribution is -2.54. The summed E-state index contributed by atoms with van der Waals surface area (Å²) in [4.78, 5) is 9.71. The number of hydrogen-bond donors (Lipinski definition) is 3. The van der Waals surface area contributed by atoms with Crippen molar-refractivity contribution < 1.29 is 26.6 Å².